The van der Waals surface area contributed by atoms with Crippen molar-refractivity contribution in [2.75, 3.05) is 0 Å². The normalized spacial score (nSPS) is 12.8. The third kappa shape index (κ3) is 3.08. The summed E-state index contributed by atoms with van der Waals surface area (Å²) >= 11 is 0. The van der Waals surface area contributed by atoms with E-state index in [9.17, 15) is 0 Å². The molecule has 0 unspecified atom stereocenters. The Morgan fingerprint density at radius 1 is 1.42 bits per heavy atom. The van der Waals surface area contributed by atoms with Crippen LogP contribution in [0.5, 0.6) is 0 Å². The number of hydrogen-bond acceptors (Lipinski definition) is 0. The highest BCUT2D eigenvalue weighted by molar-refractivity contribution is 5.30. The largest absolute Gasteiger partial charge is 0.0988 e. The van der Waals surface area contributed by atoms with Gasteiger partial charge in [-0.1, -0.05) is 51.7 Å². The van der Waals surface area contributed by atoms with E-state index in [1.807, 2.05) is 13.0 Å². The van der Waals surface area contributed by atoms with Gasteiger partial charge in [-0.2, -0.15) is 0 Å². The van der Waals surface area contributed by atoms with Gasteiger partial charge in [-0.15, -0.1) is 0 Å². The molecule has 0 fully saturated rings. The summed E-state index contributed by atoms with van der Waals surface area (Å²) in [6.07, 6.45) is 5.16. The summed E-state index contributed by atoms with van der Waals surface area (Å²) in [6, 6.07) is 0. The highest BCUT2D eigenvalue weighted by Gasteiger charge is 2.17. The molecular formula is C12H20. The Balaban J connectivity index is 4.78. The van der Waals surface area contributed by atoms with Gasteiger partial charge >= 0.3 is 0 Å². The molecule has 0 nitrogen and oxygen atoms in total. The van der Waals surface area contributed by atoms with Gasteiger partial charge in [0.1, 0.15) is 0 Å². The molecule has 0 aliphatic rings. The molecule has 0 aromatic rings. The summed E-state index contributed by atoms with van der Waals surface area (Å²) in [4.78, 5) is 0. The average Bonchev–Trinajstić information content (AvgIpc) is 1.99. The lowest BCUT2D eigenvalue weighted by atomic mass is 9.81. The van der Waals surface area contributed by atoms with Crippen LogP contribution in [-0.4, -0.2) is 0 Å². The van der Waals surface area contributed by atoms with E-state index in [-0.39, 0.29) is 5.41 Å². The molecular weight excluding hydrogens is 144 g/mol. The molecule has 0 heterocycles. The summed E-state index contributed by atoms with van der Waals surface area (Å²) in [5.41, 5.74) is 2.59. The first-order chi connectivity index (χ1) is 5.44. The minimum absolute atomic E-state index is 0.223. The van der Waals surface area contributed by atoms with Crippen molar-refractivity contribution >= 4 is 0 Å². The predicted molar refractivity (Wildman–Crippen MR) is 57.2 cm³/mol. The first-order valence-electron chi connectivity index (χ1n) is 4.44. The van der Waals surface area contributed by atoms with Crippen LogP contribution in [0.2, 0.25) is 0 Å². The smallest absolute Gasteiger partial charge is 0.0106 e. The molecule has 0 bridgehead atoms. The van der Waals surface area contributed by atoms with Crippen LogP contribution < -0.4 is 0 Å². The maximum absolute atomic E-state index is 3.87. The number of hydrogen-bond donors (Lipinski definition) is 0. The maximum Gasteiger partial charge on any atom is -0.0106 e. The third-order valence-electron chi connectivity index (χ3n) is 2.29. The van der Waals surface area contributed by atoms with E-state index in [1.54, 1.807) is 0 Å². The number of allylic oxidation sites excluding steroid dienone is 4. The van der Waals surface area contributed by atoms with Gasteiger partial charge in [-0.3, -0.25) is 0 Å². The van der Waals surface area contributed by atoms with Gasteiger partial charge in [-0.05, 0) is 24.3 Å². The van der Waals surface area contributed by atoms with Crippen LogP contribution in [0.25, 0.3) is 0 Å². The van der Waals surface area contributed by atoms with Crippen molar-refractivity contribution in [1.29, 1.82) is 0 Å². The number of rotatable bonds is 4. The Kier molecular flexibility index (Phi) is 4.02. The van der Waals surface area contributed by atoms with Gasteiger partial charge < -0.3 is 0 Å². The molecule has 0 radical (unpaired) electrons. The molecule has 12 heavy (non-hydrogen) atoms. The van der Waals surface area contributed by atoms with Crippen molar-refractivity contribution in [3.63, 3.8) is 0 Å². The molecule has 0 aliphatic heterocycles. The summed E-state index contributed by atoms with van der Waals surface area (Å²) in [7, 11) is 0. The summed E-state index contributed by atoms with van der Waals surface area (Å²) in [5.74, 6) is 0. The van der Waals surface area contributed by atoms with Crippen molar-refractivity contribution < 1.29 is 0 Å². The zero-order chi connectivity index (χ0) is 9.78. The SMILES string of the molecule is C=C/C(=C\C(=C)C)C(C)(C)CC. The Hall–Kier alpha value is -0.780. The molecule has 0 N–H and O–H groups in total. The van der Waals surface area contributed by atoms with Crippen molar-refractivity contribution in [2.24, 2.45) is 5.41 Å². The Morgan fingerprint density at radius 3 is 2.17 bits per heavy atom. The molecule has 0 saturated carbocycles. The van der Waals surface area contributed by atoms with E-state index in [0.29, 0.717) is 0 Å². The molecule has 0 aliphatic carbocycles. The van der Waals surface area contributed by atoms with E-state index >= 15 is 0 Å². The van der Waals surface area contributed by atoms with Crippen LogP contribution in [0.4, 0.5) is 0 Å². The van der Waals surface area contributed by atoms with Gasteiger partial charge in [0.2, 0.25) is 0 Å². The van der Waals surface area contributed by atoms with Gasteiger partial charge in [0.05, 0.1) is 0 Å². The lowest BCUT2D eigenvalue weighted by Gasteiger charge is -2.24. The topological polar surface area (TPSA) is 0 Å². The fraction of sp³-hybridized carbons (Fsp3) is 0.500. The second-order valence-electron chi connectivity index (χ2n) is 3.89. The van der Waals surface area contributed by atoms with Crippen LogP contribution in [0.15, 0.2) is 36.5 Å². The lowest BCUT2D eigenvalue weighted by Crippen LogP contribution is -2.11. The van der Waals surface area contributed by atoms with Crippen molar-refractivity contribution in [1.82, 2.24) is 0 Å². The molecule has 0 aromatic heterocycles. The van der Waals surface area contributed by atoms with Crippen LogP contribution in [0.1, 0.15) is 34.1 Å². The fourth-order valence-corrected chi connectivity index (χ4v) is 1.00. The monoisotopic (exact) mass is 164 g/mol. The second-order valence-corrected chi connectivity index (χ2v) is 3.89. The highest BCUT2D eigenvalue weighted by atomic mass is 14.2. The lowest BCUT2D eigenvalue weighted by molar-refractivity contribution is 0.440. The first-order valence-corrected chi connectivity index (χ1v) is 4.44. The van der Waals surface area contributed by atoms with E-state index in [2.05, 4.69) is 40.0 Å². The Labute approximate surface area is 76.7 Å². The summed E-state index contributed by atoms with van der Waals surface area (Å²) in [6.45, 7) is 16.3. The molecule has 0 saturated heterocycles. The van der Waals surface area contributed by atoms with Crippen LogP contribution in [-0.2, 0) is 0 Å². The van der Waals surface area contributed by atoms with E-state index < -0.39 is 0 Å². The van der Waals surface area contributed by atoms with Crippen LogP contribution in [0.3, 0.4) is 0 Å². The van der Waals surface area contributed by atoms with Gasteiger partial charge in [0, 0.05) is 0 Å². The third-order valence-corrected chi connectivity index (χ3v) is 2.29. The van der Waals surface area contributed by atoms with Gasteiger partial charge in [0.15, 0.2) is 0 Å². The van der Waals surface area contributed by atoms with E-state index in [1.165, 1.54) is 5.57 Å². The molecule has 68 valence electrons. The molecule has 0 heteroatoms. The molecule has 0 amide bonds. The zero-order valence-corrected chi connectivity index (χ0v) is 8.78. The van der Waals surface area contributed by atoms with Gasteiger partial charge in [-0.25, -0.2) is 0 Å². The van der Waals surface area contributed by atoms with Crippen molar-refractivity contribution in [3.05, 3.63) is 36.5 Å². The molecule has 0 rings (SSSR count). The molecule has 0 spiro atoms. The maximum atomic E-state index is 3.87. The van der Waals surface area contributed by atoms with E-state index in [0.717, 1.165) is 12.0 Å². The standard InChI is InChI=1S/C12H20/c1-7-11(9-10(3)4)12(5,6)8-2/h7,9H,1,3,8H2,2,4-6H3/b11-9+. The molecule has 0 atom stereocenters. The minimum Gasteiger partial charge on any atom is -0.0988 e. The zero-order valence-electron chi connectivity index (χ0n) is 8.78. The van der Waals surface area contributed by atoms with Crippen LogP contribution >= 0.6 is 0 Å². The second kappa shape index (κ2) is 4.30. The summed E-state index contributed by atoms with van der Waals surface area (Å²) in [5, 5.41) is 0. The summed E-state index contributed by atoms with van der Waals surface area (Å²) < 4.78 is 0. The quantitative estimate of drug-likeness (QED) is 0.548. The fourth-order valence-electron chi connectivity index (χ4n) is 1.00. The predicted octanol–water partition coefficient (Wildman–Crippen LogP) is 4.11. The molecule has 0 aromatic carbocycles. The van der Waals surface area contributed by atoms with Gasteiger partial charge in [0.25, 0.3) is 0 Å². The van der Waals surface area contributed by atoms with Crippen LogP contribution in [0, 0.1) is 5.41 Å². The average molecular weight is 164 g/mol. The Bertz CT molecular complexity index is 204. The highest BCUT2D eigenvalue weighted by Crippen LogP contribution is 2.31. The minimum atomic E-state index is 0.223. The van der Waals surface area contributed by atoms with E-state index in [4.69, 9.17) is 0 Å². The Morgan fingerprint density at radius 2 is 1.92 bits per heavy atom. The van der Waals surface area contributed by atoms with Crippen molar-refractivity contribution in [3.8, 4) is 0 Å². The first kappa shape index (κ1) is 11.2. The van der Waals surface area contributed by atoms with Crippen molar-refractivity contribution in [2.45, 2.75) is 34.1 Å².